The van der Waals surface area contributed by atoms with Crippen molar-refractivity contribution >= 4 is 0 Å². The summed E-state index contributed by atoms with van der Waals surface area (Å²) in [5, 5.41) is 0. The molecular weight excluding hydrogens is 241 g/mol. The third-order valence-corrected chi connectivity index (χ3v) is 3.89. The van der Waals surface area contributed by atoms with Crippen LogP contribution in [0, 0.1) is 11.7 Å². The van der Waals surface area contributed by atoms with Gasteiger partial charge < -0.3 is 15.5 Å². The molecule has 1 aromatic carbocycles. The lowest BCUT2D eigenvalue weighted by Gasteiger charge is -2.22. The van der Waals surface area contributed by atoms with Crippen LogP contribution in [0.25, 0.3) is 0 Å². The van der Waals surface area contributed by atoms with Crippen LogP contribution in [0.1, 0.15) is 17.5 Å². The van der Waals surface area contributed by atoms with Gasteiger partial charge in [-0.2, -0.15) is 0 Å². The highest BCUT2D eigenvalue weighted by Crippen LogP contribution is 2.18. The molecule has 0 spiro atoms. The second-order valence-corrected chi connectivity index (χ2v) is 5.73. The van der Waals surface area contributed by atoms with E-state index in [2.05, 4.69) is 23.9 Å². The zero-order valence-electron chi connectivity index (χ0n) is 11.9. The monoisotopic (exact) mass is 265 g/mol. The van der Waals surface area contributed by atoms with Crippen LogP contribution in [0.15, 0.2) is 18.2 Å². The molecule has 4 heteroatoms. The SMILES string of the molecule is CN1CCC(CN(C)Cc2cc(F)ccc2CN)C1. The van der Waals surface area contributed by atoms with Crippen molar-refractivity contribution in [3.63, 3.8) is 0 Å². The summed E-state index contributed by atoms with van der Waals surface area (Å²) in [7, 11) is 4.27. The summed E-state index contributed by atoms with van der Waals surface area (Å²) >= 11 is 0. The first-order valence-electron chi connectivity index (χ1n) is 6.93. The maximum Gasteiger partial charge on any atom is 0.123 e. The topological polar surface area (TPSA) is 32.5 Å². The van der Waals surface area contributed by atoms with Gasteiger partial charge in [-0.05, 0) is 56.2 Å². The van der Waals surface area contributed by atoms with Crippen LogP contribution in [0.5, 0.6) is 0 Å². The molecule has 1 saturated heterocycles. The lowest BCUT2D eigenvalue weighted by Crippen LogP contribution is -2.27. The van der Waals surface area contributed by atoms with Gasteiger partial charge in [0, 0.05) is 26.2 Å². The largest absolute Gasteiger partial charge is 0.326 e. The molecule has 0 saturated carbocycles. The van der Waals surface area contributed by atoms with E-state index in [0.29, 0.717) is 6.54 Å². The van der Waals surface area contributed by atoms with Crippen LogP contribution in [-0.4, -0.2) is 43.5 Å². The van der Waals surface area contributed by atoms with Crippen molar-refractivity contribution in [2.45, 2.75) is 19.5 Å². The van der Waals surface area contributed by atoms with Gasteiger partial charge in [-0.25, -0.2) is 4.39 Å². The fraction of sp³-hybridized carbons (Fsp3) is 0.600. The number of halogens is 1. The van der Waals surface area contributed by atoms with Crippen molar-refractivity contribution < 1.29 is 4.39 Å². The molecule has 0 aromatic heterocycles. The Kier molecular flexibility index (Phi) is 4.91. The highest BCUT2D eigenvalue weighted by atomic mass is 19.1. The van der Waals surface area contributed by atoms with Crippen molar-refractivity contribution in [1.29, 1.82) is 0 Å². The zero-order chi connectivity index (χ0) is 13.8. The summed E-state index contributed by atoms with van der Waals surface area (Å²) < 4.78 is 13.3. The molecule has 1 aromatic rings. The summed E-state index contributed by atoms with van der Waals surface area (Å²) in [6, 6.07) is 4.89. The molecular formula is C15H24FN3. The standard InChI is InChI=1S/C15H24FN3/c1-18-6-5-12(9-18)10-19(2)11-14-7-15(16)4-3-13(14)8-17/h3-4,7,12H,5-6,8-11,17H2,1-2H3. The minimum Gasteiger partial charge on any atom is -0.326 e. The van der Waals surface area contributed by atoms with E-state index in [1.54, 1.807) is 12.1 Å². The minimum atomic E-state index is -0.179. The second kappa shape index (κ2) is 6.46. The van der Waals surface area contributed by atoms with Gasteiger partial charge in [-0.15, -0.1) is 0 Å². The van der Waals surface area contributed by atoms with Gasteiger partial charge >= 0.3 is 0 Å². The number of benzene rings is 1. The Labute approximate surface area is 115 Å². The van der Waals surface area contributed by atoms with Crippen molar-refractivity contribution in [2.75, 3.05) is 33.7 Å². The van der Waals surface area contributed by atoms with Crippen LogP contribution in [0.3, 0.4) is 0 Å². The lowest BCUT2D eigenvalue weighted by atomic mass is 10.1. The molecule has 0 aliphatic carbocycles. The number of hydrogen-bond acceptors (Lipinski definition) is 3. The summed E-state index contributed by atoms with van der Waals surface area (Å²) in [4.78, 5) is 4.64. The number of rotatable bonds is 5. The second-order valence-electron chi connectivity index (χ2n) is 5.73. The van der Waals surface area contributed by atoms with Gasteiger partial charge in [0.1, 0.15) is 5.82 Å². The molecule has 3 nitrogen and oxygen atoms in total. The van der Waals surface area contributed by atoms with Crippen LogP contribution in [0.4, 0.5) is 4.39 Å². The molecule has 0 radical (unpaired) electrons. The van der Waals surface area contributed by atoms with Crippen LogP contribution >= 0.6 is 0 Å². The van der Waals surface area contributed by atoms with Gasteiger partial charge in [0.05, 0.1) is 0 Å². The van der Waals surface area contributed by atoms with E-state index in [9.17, 15) is 4.39 Å². The first-order chi connectivity index (χ1) is 9.08. The van der Waals surface area contributed by atoms with E-state index in [-0.39, 0.29) is 5.82 Å². The predicted molar refractivity (Wildman–Crippen MR) is 76.2 cm³/mol. The quantitative estimate of drug-likeness (QED) is 0.879. The summed E-state index contributed by atoms with van der Waals surface area (Å²) in [6.45, 7) is 4.65. The Bertz CT molecular complexity index is 422. The lowest BCUT2D eigenvalue weighted by molar-refractivity contribution is 0.266. The summed E-state index contributed by atoms with van der Waals surface area (Å²) in [5.74, 6) is 0.547. The van der Waals surface area contributed by atoms with Gasteiger partial charge in [-0.1, -0.05) is 6.07 Å². The smallest absolute Gasteiger partial charge is 0.123 e. The summed E-state index contributed by atoms with van der Waals surface area (Å²) in [6.07, 6.45) is 1.26. The number of nitrogens with two attached hydrogens (primary N) is 1. The Morgan fingerprint density at radius 1 is 1.42 bits per heavy atom. The number of nitrogens with zero attached hydrogens (tertiary/aromatic N) is 2. The molecule has 2 rings (SSSR count). The molecule has 106 valence electrons. The molecule has 1 fully saturated rings. The van der Waals surface area contributed by atoms with E-state index in [1.165, 1.54) is 19.0 Å². The Hall–Kier alpha value is -0.970. The van der Waals surface area contributed by atoms with Gasteiger partial charge in [0.2, 0.25) is 0 Å². The van der Waals surface area contributed by atoms with E-state index < -0.39 is 0 Å². The molecule has 1 unspecified atom stereocenters. The molecule has 1 atom stereocenters. The molecule has 1 aliphatic rings. The molecule has 2 N–H and O–H groups in total. The number of likely N-dealkylation sites (tertiary alicyclic amines) is 1. The van der Waals surface area contributed by atoms with Gasteiger partial charge in [0.25, 0.3) is 0 Å². The molecule has 0 amide bonds. The Morgan fingerprint density at radius 3 is 2.84 bits per heavy atom. The Morgan fingerprint density at radius 2 is 2.21 bits per heavy atom. The average molecular weight is 265 g/mol. The van der Waals surface area contributed by atoms with Crippen molar-refractivity contribution in [2.24, 2.45) is 11.7 Å². The van der Waals surface area contributed by atoms with Crippen molar-refractivity contribution in [1.82, 2.24) is 9.80 Å². The molecule has 1 aliphatic heterocycles. The minimum absolute atomic E-state index is 0.179. The molecule has 0 bridgehead atoms. The van der Waals surface area contributed by atoms with E-state index >= 15 is 0 Å². The normalized spacial score (nSPS) is 20.4. The predicted octanol–water partition coefficient (Wildman–Crippen LogP) is 1.67. The van der Waals surface area contributed by atoms with Crippen molar-refractivity contribution in [3.05, 3.63) is 35.1 Å². The average Bonchev–Trinajstić information content (AvgIpc) is 2.75. The molecule has 19 heavy (non-hydrogen) atoms. The zero-order valence-corrected chi connectivity index (χ0v) is 11.9. The highest BCUT2D eigenvalue weighted by molar-refractivity contribution is 5.27. The first-order valence-corrected chi connectivity index (χ1v) is 6.93. The summed E-state index contributed by atoms with van der Waals surface area (Å²) in [5.41, 5.74) is 7.76. The van der Waals surface area contributed by atoms with Crippen LogP contribution in [-0.2, 0) is 13.1 Å². The Balaban J connectivity index is 1.94. The molecule has 1 heterocycles. The van der Waals surface area contributed by atoms with E-state index in [0.717, 1.165) is 36.7 Å². The fourth-order valence-electron chi connectivity index (χ4n) is 2.91. The third-order valence-electron chi connectivity index (χ3n) is 3.89. The van der Waals surface area contributed by atoms with E-state index in [1.807, 2.05) is 0 Å². The first kappa shape index (κ1) is 14.4. The van der Waals surface area contributed by atoms with Gasteiger partial charge in [-0.3, -0.25) is 0 Å². The third kappa shape index (κ3) is 4.00. The maximum absolute atomic E-state index is 13.3. The maximum atomic E-state index is 13.3. The van der Waals surface area contributed by atoms with Gasteiger partial charge in [0.15, 0.2) is 0 Å². The van der Waals surface area contributed by atoms with Crippen molar-refractivity contribution in [3.8, 4) is 0 Å². The number of hydrogen-bond donors (Lipinski definition) is 1. The van der Waals surface area contributed by atoms with E-state index in [4.69, 9.17) is 5.73 Å². The van der Waals surface area contributed by atoms with Crippen LogP contribution < -0.4 is 5.73 Å². The fourth-order valence-corrected chi connectivity index (χ4v) is 2.91. The highest BCUT2D eigenvalue weighted by Gasteiger charge is 2.20. The van der Waals surface area contributed by atoms with Crippen LogP contribution in [0.2, 0.25) is 0 Å².